The van der Waals surface area contributed by atoms with E-state index in [4.69, 9.17) is 5.73 Å². The van der Waals surface area contributed by atoms with Crippen LogP contribution in [0.1, 0.15) is 28.3 Å². The molecule has 2 fully saturated rings. The molecule has 3 rings (SSSR count). The van der Waals surface area contributed by atoms with Gasteiger partial charge in [-0.2, -0.15) is 0 Å². The highest BCUT2D eigenvalue weighted by atomic mass is 19.3. The summed E-state index contributed by atoms with van der Waals surface area (Å²) in [5.74, 6) is -2.88. The molecule has 0 saturated carbocycles. The van der Waals surface area contributed by atoms with E-state index in [0.29, 0.717) is 24.6 Å². The van der Waals surface area contributed by atoms with Crippen LogP contribution >= 0.6 is 0 Å². The summed E-state index contributed by atoms with van der Waals surface area (Å²) in [4.78, 5) is 24.5. The Morgan fingerprint density at radius 2 is 2.08 bits per heavy atom. The van der Waals surface area contributed by atoms with E-state index < -0.39 is 24.9 Å². The van der Waals surface area contributed by atoms with E-state index in [1.165, 1.54) is 0 Å². The van der Waals surface area contributed by atoms with Gasteiger partial charge in [0, 0.05) is 43.5 Å². The monoisotopic (exact) mass is 354 g/mol. The number of nitrogens with one attached hydrogen (secondary N) is 1. The Kier molecular flexibility index (Phi) is 4.88. The molecular weight excluding hydrogens is 330 g/mol. The van der Waals surface area contributed by atoms with Crippen molar-refractivity contribution in [2.24, 2.45) is 5.73 Å². The van der Waals surface area contributed by atoms with Crippen LogP contribution in [-0.4, -0.2) is 72.0 Å². The number of anilines is 1. The number of aryl methyl sites for hydroxylation is 1. The van der Waals surface area contributed by atoms with Crippen molar-refractivity contribution in [1.82, 2.24) is 20.2 Å². The standard InChI is InChI=1S/C16H24F2N6O/c1-10-11(2)21-13(22-14(10)23-5-3-12(19)7-23)15(25)24-6-4-20-8-16(17,18)9-24/h12,20H,3-9,19H2,1-2H3/t12-/m1/s1. The second kappa shape index (κ2) is 6.80. The molecule has 0 unspecified atom stereocenters. The number of aromatic nitrogens is 2. The quantitative estimate of drug-likeness (QED) is 0.795. The fraction of sp³-hybridized carbons (Fsp3) is 0.688. The molecule has 138 valence electrons. The number of nitrogens with two attached hydrogens (primary N) is 1. The fourth-order valence-corrected chi connectivity index (χ4v) is 3.21. The van der Waals surface area contributed by atoms with E-state index in [9.17, 15) is 13.6 Å². The Bertz CT molecular complexity index is 668. The number of carbonyl (C=O) groups excluding carboxylic acids is 1. The highest BCUT2D eigenvalue weighted by Gasteiger charge is 2.36. The molecule has 3 N–H and O–H groups in total. The summed E-state index contributed by atoms with van der Waals surface area (Å²) in [6.07, 6.45) is 0.857. The zero-order valence-electron chi connectivity index (χ0n) is 14.6. The number of carbonyl (C=O) groups is 1. The molecule has 9 heteroatoms. The van der Waals surface area contributed by atoms with Crippen molar-refractivity contribution in [1.29, 1.82) is 0 Å². The van der Waals surface area contributed by atoms with E-state index in [0.717, 1.165) is 23.4 Å². The third-order valence-corrected chi connectivity index (χ3v) is 4.73. The van der Waals surface area contributed by atoms with Gasteiger partial charge in [-0.3, -0.25) is 4.79 Å². The van der Waals surface area contributed by atoms with Crippen molar-refractivity contribution < 1.29 is 13.6 Å². The molecule has 1 amide bonds. The first kappa shape index (κ1) is 17.9. The third kappa shape index (κ3) is 3.87. The lowest BCUT2D eigenvalue weighted by Crippen LogP contribution is -2.42. The molecular formula is C16H24F2N6O. The predicted octanol–water partition coefficient (Wildman–Crippen LogP) is 0.312. The number of nitrogens with zero attached hydrogens (tertiary/aromatic N) is 4. The van der Waals surface area contributed by atoms with Crippen LogP contribution in [0, 0.1) is 13.8 Å². The second-order valence-electron chi connectivity index (χ2n) is 6.84. The Hall–Kier alpha value is -1.87. The van der Waals surface area contributed by atoms with Gasteiger partial charge in [-0.05, 0) is 20.3 Å². The average Bonchev–Trinajstić information content (AvgIpc) is 2.89. The van der Waals surface area contributed by atoms with Crippen molar-refractivity contribution in [3.05, 3.63) is 17.1 Å². The molecule has 0 bridgehead atoms. The first-order valence-corrected chi connectivity index (χ1v) is 8.50. The summed E-state index contributed by atoms with van der Waals surface area (Å²) in [6.45, 7) is 4.59. The minimum Gasteiger partial charge on any atom is -0.355 e. The Morgan fingerprint density at radius 3 is 2.76 bits per heavy atom. The summed E-state index contributed by atoms with van der Waals surface area (Å²) in [5.41, 5.74) is 7.52. The van der Waals surface area contributed by atoms with Crippen LogP contribution in [0.2, 0.25) is 0 Å². The number of alkyl halides is 2. The number of halogens is 2. The molecule has 0 aromatic carbocycles. The van der Waals surface area contributed by atoms with Gasteiger partial charge < -0.3 is 20.9 Å². The van der Waals surface area contributed by atoms with Crippen molar-refractivity contribution in [3.8, 4) is 0 Å². The third-order valence-electron chi connectivity index (χ3n) is 4.73. The largest absolute Gasteiger partial charge is 0.355 e. The number of hydrogen-bond donors (Lipinski definition) is 2. The number of amides is 1. The van der Waals surface area contributed by atoms with E-state index in [-0.39, 0.29) is 18.4 Å². The van der Waals surface area contributed by atoms with E-state index in [1.807, 2.05) is 11.8 Å². The van der Waals surface area contributed by atoms with Crippen molar-refractivity contribution in [3.63, 3.8) is 0 Å². The first-order valence-electron chi connectivity index (χ1n) is 8.50. The Morgan fingerprint density at radius 1 is 1.32 bits per heavy atom. The van der Waals surface area contributed by atoms with Crippen LogP contribution in [-0.2, 0) is 0 Å². The summed E-state index contributed by atoms with van der Waals surface area (Å²) >= 11 is 0. The first-order chi connectivity index (χ1) is 11.8. The lowest BCUT2D eigenvalue weighted by Gasteiger charge is -2.25. The maximum Gasteiger partial charge on any atom is 0.291 e. The SMILES string of the molecule is Cc1nc(C(=O)N2CCNCC(F)(F)C2)nc(N2CC[C@@H](N)C2)c1C. The number of rotatable bonds is 2. The summed E-state index contributed by atoms with van der Waals surface area (Å²) in [5, 5.41) is 2.65. The normalized spacial score (nSPS) is 23.6. The predicted molar refractivity (Wildman–Crippen MR) is 90.0 cm³/mol. The lowest BCUT2D eigenvalue weighted by molar-refractivity contribution is -0.0155. The lowest BCUT2D eigenvalue weighted by atomic mass is 10.2. The van der Waals surface area contributed by atoms with E-state index >= 15 is 0 Å². The summed E-state index contributed by atoms with van der Waals surface area (Å²) < 4.78 is 27.6. The second-order valence-corrected chi connectivity index (χ2v) is 6.84. The van der Waals surface area contributed by atoms with Crippen molar-refractivity contribution in [2.45, 2.75) is 32.2 Å². The summed E-state index contributed by atoms with van der Waals surface area (Å²) in [6, 6.07) is 0.0733. The van der Waals surface area contributed by atoms with Crippen LogP contribution in [0.3, 0.4) is 0 Å². The highest BCUT2D eigenvalue weighted by molar-refractivity contribution is 5.91. The minimum absolute atomic E-state index is 0.0312. The fourth-order valence-electron chi connectivity index (χ4n) is 3.21. The molecule has 3 heterocycles. The molecule has 0 radical (unpaired) electrons. The van der Waals surface area contributed by atoms with Gasteiger partial charge in [0.25, 0.3) is 11.8 Å². The molecule has 1 atom stereocenters. The van der Waals surface area contributed by atoms with Gasteiger partial charge in [0.1, 0.15) is 5.82 Å². The topological polar surface area (TPSA) is 87.4 Å². The van der Waals surface area contributed by atoms with E-state index in [1.54, 1.807) is 6.92 Å². The number of hydrogen-bond acceptors (Lipinski definition) is 6. The zero-order valence-corrected chi connectivity index (χ0v) is 14.6. The van der Waals surface area contributed by atoms with Crippen LogP contribution in [0.15, 0.2) is 0 Å². The smallest absolute Gasteiger partial charge is 0.291 e. The molecule has 0 spiro atoms. The van der Waals surface area contributed by atoms with Crippen LogP contribution in [0.25, 0.3) is 0 Å². The summed E-state index contributed by atoms with van der Waals surface area (Å²) in [7, 11) is 0. The molecule has 2 aliphatic rings. The highest BCUT2D eigenvalue weighted by Crippen LogP contribution is 2.24. The van der Waals surface area contributed by atoms with E-state index in [2.05, 4.69) is 15.3 Å². The molecule has 25 heavy (non-hydrogen) atoms. The van der Waals surface area contributed by atoms with Gasteiger partial charge >= 0.3 is 0 Å². The van der Waals surface area contributed by atoms with Crippen LogP contribution < -0.4 is 16.0 Å². The maximum atomic E-state index is 13.8. The van der Waals surface area contributed by atoms with Gasteiger partial charge in [0.05, 0.1) is 13.1 Å². The molecule has 1 aromatic heterocycles. The molecule has 7 nitrogen and oxygen atoms in total. The Labute approximate surface area is 145 Å². The molecule has 2 aliphatic heterocycles. The van der Waals surface area contributed by atoms with Gasteiger partial charge in [0.15, 0.2) is 0 Å². The van der Waals surface area contributed by atoms with Crippen LogP contribution in [0.5, 0.6) is 0 Å². The molecule has 0 aliphatic carbocycles. The minimum atomic E-state index is -2.96. The van der Waals surface area contributed by atoms with Gasteiger partial charge in [-0.15, -0.1) is 0 Å². The van der Waals surface area contributed by atoms with Gasteiger partial charge in [-0.25, -0.2) is 18.7 Å². The average molecular weight is 354 g/mol. The van der Waals surface area contributed by atoms with Gasteiger partial charge in [-0.1, -0.05) is 0 Å². The molecule has 2 saturated heterocycles. The maximum absolute atomic E-state index is 13.8. The molecule has 1 aromatic rings. The van der Waals surface area contributed by atoms with Crippen LogP contribution in [0.4, 0.5) is 14.6 Å². The Balaban J connectivity index is 1.88. The van der Waals surface area contributed by atoms with Crippen molar-refractivity contribution in [2.75, 3.05) is 44.2 Å². The zero-order chi connectivity index (χ0) is 18.2. The van der Waals surface area contributed by atoms with Gasteiger partial charge in [0.2, 0.25) is 5.82 Å². The van der Waals surface area contributed by atoms with Crippen molar-refractivity contribution >= 4 is 11.7 Å².